The smallest absolute Gasteiger partial charge is 0.350 e. The summed E-state index contributed by atoms with van der Waals surface area (Å²) in [6, 6.07) is 18.1. The first-order chi connectivity index (χ1) is 38.7. The highest BCUT2D eigenvalue weighted by Gasteiger charge is 2.43. The van der Waals surface area contributed by atoms with E-state index in [0.717, 1.165) is 0 Å². The van der Waals surface area contributed by atoms with Gasteiger partial charge in [-0.2, -0.15) is 26.3 Å². The minimum atomic E-state index is -4.03. The Bertz CT molecular complexity index is 3790. The van der Waals surface area contributed by atoms with E-state index in [-0.39, 0.29) is 20.8 Å². The molecule has 5 nitrogen and oxygen atoms in total. The van der Waals surface area contributed by atoms with Crippen LogP contribution in [0.3, 0.4) is 0 Å². The van der Waals surface area contributed by atoms with Gasteiger partial charge in [-0.15, -0.1) is 0 Å². The van der Waals surface area contributed by atoms with Gasteiger partial charge in [0.15, 0.2) is 34.8 Å². The van der Waals surface area contributed by atoms with E-state index in [1.165, 1.54) is 78.9 Å². The van der Waals surface area contributed by atoms with Crippen LogP contribution in [0.2, 0.25) is 0 Å². The molecule has 0 aromatic heterocycles. The zero-order chi connectivity index (χ0) is 61.4. The fourth-order valence-electron chi connectivity index (χ4n) is 8.07. The minimum Gasteiger partial charge on any atom is -0.447 e. The number of ether oxygens (including phenoxy) is 3. The van der Waals surface area contributed by atoms with Gasteiger partial charge in [0.1, 0.15) is 0 Å². The number of hydrogen-bond donors (Lipinski definition) is 0. The molecule has 0 aliphatic rings. The molecule has 0 amide bonds. The molecule has 0 aliphatic carbocycles. The van der Waals surface area contributed by atoms with Crippen molar-refractivity contribution in [3.63, 3.8) is 0 Å². The van der Waals surface area contributed by atoms with Crippen LogP contribution < -0.4 is 14.2 Å². The third kappa shape index (κ3) is 10.4. The zero-order valence-corrected chi connectivity index (χ0v) is 43.4. The van der Waals surface area contributed by atoms with Gasteiger partial charge in [0, 0.05) is 26.3 Å². The van der Waals surface area contributed by atoms with Crippen molar-refractivity contribution >= 4 is 16.3 Å². The lowest BCUT2D eigenvalue weighted by molar-refractivity contribution is 0.0757. The molecule has 0 unspecified atom stereocenters. The Kier molecular flexibility index (Phi) is 16.1. The number of rotatable bonds is 12. The second-order valence-electron chi connectivity index (χ2n) is 19.7. The second kappa shape index (κ2) is 22.1. The third-order valence-corrected chi connectivity index (χ3v) is 15.6. The normalized spacial score (nSPS) is 12.2. The molecule has 436 valence electrons. The maximum atomic E-state index is 16.7. The predicted molar refractivity (Wildman–Crippen MR) is 255 cm³/mol. The quantitative estimate of drug-likeness (QED) is 0.0693. The highest BCUT2D eigenvalue weighted by atomic mass is 32.3. The van der Waals surface area contributed by atoms with Crippen molar-refractivity contribution in [3.8, 4) is 45.6 Å². The number of carbonyl (C=O) groups is 1. The fraction of sp³-hybridized carbons (Fsp3) is 0.140. The van der Waals surface area contributed by atoms with Crippen molar-refractivity contribution in [1.29, 1.82) is 0 Å². The first-order valence-electron chi connectivity index (χ1n) is 23.3. The van der Waals surface area contributed by atoms with E-state index in [1.807, 2.05) is 0 Å². The summed E-state index contributed by atoms with van der Waals surface area (Å²) in [6.07, 6.45) is 0. The first-order valence-corrected chi connectivity index (χ1v) is 24.9. The Morgan fingerprint density at radius 2 is 0.614 bits per heavy atom. The lowest BCUT2D eigenvalue weighted by Gasteiger charge is -2.40. The van der Waals surface area contributed by atoms with Crippen molar-refractivity contribution in [3.05, 3.63) is 218 Å². The van der Waals surface area contributed by atoms with Crippen molar-refractivity contribution < 1.29 is 111 Å². The first kappa shape index (κ1) is 60.7. The molecule has 0 saturated heterocycles. The van der Waals surface area contributed by atoms with Gasteiger partial charge >= 0.3 is 5.97 Å². The lowest BCUT2D eigenvalue weighted by atomic mass is 9.87. The second-order valence-corrected chi connectivity index (χ2v) is 22.4. The molecule has 8 aromatic rings. The molecular formula is C57H32F20O5S. The summed E-state index contributed by atoms with van der Waals surface area (Å²) < 4.78 is 329. The van der Waals surface area contributed by atoms with Crippen LogP contribution in [0.4, 0.5) is 87.8 Å². The average Bonchev–Trinajstić information content (AvgIpc) is 2.86. The van der Waals surface area contributed by atoms with Crippen LogP contribution in [-0.4, -0.2) is 5.97 Å². The van der Waals surface area contributed by atoms with Crippen LogP contribution in [0.5, 0.6) is 34.5 Å². The summed E-state index contributed by atoms with van der Waals surface area (Å²) in [5.41, 5.74) is -7.18. The highest BCUT2D eigenvalue weighted by molar-refractivity contribution is 8.30. The molecule has 26 heteroatoms. The van der Waals surface area contributed by atoms with Gasteiger partial charge in [0.2, 0.25) is 116 Å². The lowest BCUT2D eigenvalue weighted by Crippen LogP contribution is -2.18. The zero-order valence-electron chi connectivity index (χ0n) is 42.6. The predicted octanol–water partition coefficient (Wildman–Crippen LogP) is 19.2. The summed E-state index contributed by atoms with van der Waals surface area (Å²) in [7, 11) is -4.03. The van der Waals surface area contributed by atoms with Gasteiger partial charge in [-0.05, 0) is 68.7 Å². The van der Waals surface area contributed by atoms with Crippen LogP contribution in [0, 0.1) is 116 Å². The molecule has 0 bridgehead atoms. The summed E-state index contributed by atoms with van der Waals surface area (Å²) in [5, 5.41) is 0. The van der Waals surface area contributed by atoms with E-state index >= 15 is 57.5 Å². The molecule has 0 fully saturated rings. The summed E-state index contributed by atoms with van der Waals surface area (Å²) >= 11 is 0. The molecule has 0 radical (unpaired) electrons. The standard InChI is InChI=1S/C57H32F20O5S/c1-56(2,3)21-12-16-24(17-13-21)83(23-10-8-7-9-11-23,25-18-14-22(15-19-25)57(4,5)6)82-55(78)26-20-27(79-52-44(72)38(66)35(63)39(67)45(52)73)50(80-53-46(74)40(68)36(64)41(69)47(53)75)51(81-54-48(76)42(70)37(65)43(71)49(54)77)28(26)29-30(58)32(60)34(62)33(61)31(29)59/h7-20H,1-6H3. The molecule has 0 spiro atoms. The Hall–Kier alpha value is -8.42. The van der Waals surface area contributed by atoms with E-state index < -0.39 is 195 Å². The van der Waals surface area contributed by atoms with Crippen molar-refractivity contribution in [2.24, 2.45) is 0 Å². The van der Waals surface area contributed by atoms with Crippen molar-refractivity contribution in [2.45, 2.75) is 67.1 Å². The van der Waals surface area contributed by atoms with Crippen LogP contribution in [-0.2, 0) is 15.0 Å². The summed E-state index contributed by atoms with van der Waals surface area (Å²) in [6.45, 7) is 10.7. The number of halogens is 20. The van der Waals surface area contributed by atoms with Crippen LogP contribution in [0.25, 0.3) is 11.1 Å². The van der Waals surface area contributed by atoms with Crippen LogP contribution in [0.15, 0.2) is 99.6 Å². The Labute approximate surface area is 456 Å². The maximum absolute atomic E-state index is 16.7. The molecule has 8 aromatic carbocycles. The monoisotopic (exact) mass is 1210 g/mol. The number of hydrogen-bond acceptors (Lipinski definition) is 5. The van der Waals surface area contributed by atoms with Gasteiger partial charge in [-0.1, -0.05) is 84.0 Å². The highest BCUT2D eigenvalue weighted by Crippen LogP contribution is 2.70. The third-order valence-electron chi connectivity index (χ3n) is 12.4. The van der Waals surface area contributed by atoms with Gasteiger partial charge < -0.3 is 18.4 Å². The van der Waals surface area contributed by atoms with Gasteiger partial charge in [-0.3, -0.25) is 0 Å². The number of benzene rings is 8. The van der Waals surface area contributed by atoms with E-state index in [0.29, 0.717) is 11.1 Å². The van der Waals surface area contributed by atoms with Crippen LogP contribution >= 0.6 is 10.3 Å². The molecule has 83 heavy (non-hydrogen) atoms. The average molecular weight is 1210 g/mol. The fourth-order valence-corrected chi connectivity index (χ4v) is 11.1. The molecule has 0 N–H and O–H groups in total. The van der Waals surface area contributed by atoms with Crippen molar-refractivity contribution in [2.75, 3.05) is 0 Å². The van der Waals surface area contributed by atoms with E-state index in [9.17, 15) is 35.1 Å². The molecule has 8 rings (SSSR count). The maximum Gasteiger partial charge on any atom is 0.350 e. The van der Waals surface area contributed by atoms with Gasteiger partial charge in [-0.25, -0.2) is 66.3 Å². The topological polar surface area (TPSA) is 54.0 Å². The largest absolute Gasteiger partial charge is 0.447 e. The van der Waals surface area contributed by atoms with E-state index in [1.54, 1.807) is 41.5 Å². The SMILES string of the molecule is CC(C)(C)c1ccc(S(OC(=O)c2cc(Oc3c(F)c(F)c(F)c(F)c3F)c(Oc3c(F)c(F)c(F)c(F)c3F)c(Oc3c(F)c(F)c(F)c(F)c3F)c2-c2c(F)c(F)c(F)c(F)c2F)(c2ccccc2)c2ccc(C(C)(C)C)cc2)cc1. The van der Waals surface area contributed by atoms with Crippen LogP contribution in [0.1, 0.15) is 63.0 Å². The molecular weight excluding hydrogens is 1180 g/mol. The molecule has 0 aliphatic heterocycles. The van der Waals surface area contributed by atoms with E-state index in [4.69, 9.17) is 18.4 Å². The number of carbonyl (C=O) groups excluding carboxylic acids is 1. The van der Waals surface area contributed by atoms with Gasteiger partial charge in [0.05, 0.1) is 11.1 Å². The molecule has 0 atom stereocenters. The Morgan fingerprint density at radius 1 is 0.325 bits per heavy atom. The summed E-state index contributed by atoms with van der Waals surface area (Å²) in [4.78, 5) is 15.7. The molecule has 0 heterocycles. The Morgan fingerprint density at radius 3 is 0.952 bits per heavy atom. The van der Waals surface area contributed by atoms with Gasteiger partial charge in [0.25, 0.3) is 0 Å². The van der Waals surface area contributed by atoms with Crippen molar-refractivity contribution in [1.82, 2.24) is 0 Å². The minimum absolute atomic E-state index is 0.0478. The Balaban J connectivity index is 1.63. The molecule has 0 saturated carbocycles. The summed E-state index contributed by atoms with van der Waals surface area (Å²) in [5.74, 6) is -79.6. The van der Waals surface area contributed by atoms with E-state index in [2.05, 4.69) is 0 Å².